The Bertz CT molecular complexity index is 4370. The molecule has 0 fully saturated rings. The predicted molar refractivity (Wildman–Crippen MR) is 344 cm³/mol. The number of carbonyl (C=O) groups excluding carboxylic acids is 4. The van der Waals surface area contributed by atoms with Gasteiger partial charge < -0.3 is 0 Å². The zero-order valence-corrected chi connectivity index (χ0v) is 53.1. The third-order valence-electron chi connectivity index (χ3n) is 16.3. The molecule has 12 rings (SSSR count). The SMILES string of the molecule is CCCCCOC(=O)c1c2c(c(C(=O)OCCCCC)c3ccccc13)[C-](C(=O)OCCCCC)N=C1N=C(N=C3N=C(c4cc5ccccc5cc43)N(C(=O)OCCCCC)C3=NC(=N[C]2=[Zn])c2cc4ccccc4cc23)c2cc3ccccc3cc21. The van der Waals surface area contributed by atoms with Crippen molar-refractivity contribution < 1.29 is 56.0 Å². The zero-order chi connectivity index (χ0) is 60.8. The van der Waals surface area contributed by atoms with Crippen molar-refractivity contribution in [2.75, 3.05) is 26.4 Å². The van der Waals surface area contributed by atoms with Crippen LogP contribution < -0.4 is 0 Å². The topological polar surface area (TPSA) is 183 Å². The number of aliphatic imine (C=N–C) groups is 6. The van der Waals surface area contributed by atoms with E-state index in [9.17, 15) is 0 Å². The van der Waals surface area contributed by atoms with Crippen LogP contribution in [0.3, 0.4) is 0 Å². The fourth-order valence-corrected chi connectivity index (χ4v) is 12.8. The van der Waals surface area contributed by atoms with Crippen LogP contribution in [0.15, 0.2) is 163 Å². The Morgan fingerprint density at radius 3 is 1.26 bits per heavy atom. The van der Waals surface area contributed by atoms with E-state index in [0.717, 1.165) is 83.7 Å². The number of benzene rings is 8. The number of fused-ring (bicyclic) bond motifs is 17. The van der Waals surface area contributed by atoms with E-state index in [2.05, 4.69) is 27.7 Å². The summed E-state index contributed by atoms with van der Waals surface area (Å²) in [5.74, 6) is -1.17. The van der Waals surface area contributed by atoms with Crippen molar-refractivity contribution in [2.24, 2.45) is 30.0 Å². The molecule has 6 bridgehead atoms. The Morgan fingerprint density at radius 1 is 0.420 bits per heavy atom. The molecule has 0 unspecified atom stereocenters. The number of rotatable bonds is 19. The summed E-state index contributed by atoms with van der Waals surface area (Å²) in [5, 5.41) is 5.99. The molecule has 4 aliphatic heterocycles. The predicted octanol–water partition coefficient (Wildman–Crippen LogP) is 14.9. The molecule has 0 atom stereocenters. The second-order valence-electron chi connectivity index (χ2n) is 22.4. The maximum atomic E-state index is 15.8. The van der Waals surface area contributed by atoms with E-state index in [1.807, 2.05) is 109 Å². The first kappa shape index (κ1) is 59.2. The van der Waals surface area contributed by atoms with Crippen LogP contribution in [0.5, 0.6) is 0 Å². The summed E-state index contributed by atoms with van der Waals surface area (Å²) < 4.78 is 25.3. The second-order valence-corrected chi connectivity index (χ2v) is 23.8. The normalized spacial score (nSPS) is 14.1. The van der Waals surface area contributed by atoms with Gasteiger partial charge in [0.25, 0.3) is 0 Å². The third-order valence-corrected chi connectivity index (χ3v) is 17.3. The first-order chi connectivity index (χ1) is 43.1. The number of ether oxygens (including phenoxy) is 4. The van der Waals surface area contributed by atoms with Gasteiger partial charge in [-0.05, 0) is 0 Å². The van der Waals surface area contributed by atoms with Gasteiger partial charge in [0.2, 0.25) is 0 Å². The van der Waals surface area contributed by atoms with Crippen LogP contribution in [0.4, 0.5) is 4.79 Å². The van der Waals surface area contributed by atoms with Gasteiger partial charge in [-0.3, -0.25) is 0 Å². The molecule has 440 valence electrons. The Kier molecular flexibility index (Phi) is 17.8. The number of unbranched alkanes of at least 4 members (excludes halogenated alkanes) is 8. The van der Waals surface area contributed by atoms with Gasteiger partial charge in [0, 0.05) is 0 Å². The van der Waals surface area contributed by atoms with Crippen LogP contribution in [0.2, 0.25) is 0 Å². The molecular weight excluding hydrogens is 1160 g/mol. The van der Waals surface area contributed by atoms with Crippen LogP contribution in [-0.2, 0) is 41.6 Å². The first-order valence-electron chi connectivity index (χ1n) is 30.8. The van der Waals surface area contributed by atoms with E-state index in [1.54, 1.807) is 24.3 Å². The number of hydrogen-bond donors (Lipinski definition) is 0. The van der Waals surface area contributed by atoms with E-state index < -0.39 is 24.0 Å². The molecule has 0 spiro atoms. The molecule has 4 heterocycles. The Hall–Kier alpha value is -9.14. The fraction of sp³-hybridized carbons (Fsp3) is 0.278. The number of esters is 3. The van der Waals surface area contributed by atoms with Gasteiger partial charge in [-0.1, -0.05) is 13.0 Å². The number of amides is 1. The van der Waals surface area contributed by atoms with Gasteiger partial charge in [0.05, 0.1) is 0 Å². The molecule has 0 aromatic heterocycles. The molecule has 0 N–H and O–H groups in total. The van der Waals surface area contributed by atoms with E-state index in [4.69, 9.17) is 48.9 Å². The number of nitrogens with zero attached hydrogens (tertiary/aromatic N) is 7. The van der Waals surface area contributed by atoms with Crippen LogP contribution in [0.25, 0.3) is 43.1 Å². The standard InChI is InChI=1S/C72H66N7O8.Zn/c1-5-9-21-33-84-69(80)59-50-31-19-20-32-51(50)61(70(81)85-34-22-10-6-2)60-58(59)43-73-63-54-39-46-27-15-17-29-48(46)41-56(54)67(77-63)79(72(83)87-36-24-12-8-4)68-57-42-49-30-18-16-28-47(49)40-55(57)66(78-68)76-65-53-38-45-26-14-13-25-44(45)37-52(53)64(75-65)74-62(60)71(82)86-35-23-11-7-3;/h13-20,25-32,37-42H,5-12,21-24,33-36H2,1-4H3;/q-1;. The molecule has 8 aromatic carbocycles. The number of carbonyl (C=O) groups is 4. The Morgan fingerprint density at radius 2 is 0.784 bits per heavy atom. The number of hydrogen-bond acceptors (Lipinski definition) is 14. The maximum absolute atomic E-state index is 15.8. The van der Waals surface area contributed by atoms with Gasteiger partial charge in [0.15, 0.2) is 0 Å². The molecule has 4 aliphatic rings. The van der Waals surface area contributed by atoms with Gasteiger partial charge in [-0.25, -0.2) is 0 Å². The molecule has 15 nitrogen and oxygen atoms in total. The molecule has 1 amide bonds. The van der Waals surface area contributed by atoms with Crippen molar-refractivity contribution in [1.29, 1.82) is 0 Å². The minimum absolute atomic E-state index is 0.0184. The molecule has 0 aliphatic carbocycles. The van der Waals surface area contributed by atoms with Gasteiger partial charge in [-0.2, -0.15) is 0 Å². The summed E-state index contributed by atoms with van der Waals surface area (Å²) in [4.78, 5) is 96.0. The van der Waals surface area contributed by atoms with Crippen LogP contribution in [0.1, 0.15) is 170 Å². The molecule has 16 heteroatoms. The Balaban J connectivity index is 1.23. The summed E-state index contributed by atoms with van der Waals surface area (Å²) in [6, 6.07) is 42.4. The van der Waals surface area contributed by atoms with Crippen LogP contribution in [-0.4, -0.2) is 94.6 Å². The second kappa shape index (κ2) is 26.5. The van der Waals surface area contributed by atoms with Crippen molar-refractivity contribution in [1.82, 2.24) is 4.90 Å². The molecule has 8 aromatic rings. The number of amidine groups is 6. The molecule has 0 saturated carbocycles. The van der Waals surface area contributed by atoms with Crippen molar-refractivity contribution in [3.8, 4) is 0 Å². The quantitative estimate of drug-likeness (QED) is 0.0252. The summed E-state index contributed by atoms with van der Waals surface area (Å²) in [7, 11) is 0. The summed E-state index contributed by atoms with van der Waals surface area (Å²) in [6.45, 7) is 8.64. The van der Waals surface area contributed by atoms with E-state index >= 15 is 19.2 Å². The van der Waals surface area contributed by atoms with Crippen LogP contribution in [0, 0.1) is 6.04 Å². The summed E-state index contributed by atoms with van der Waals surface area (Å²) >= 11 is 0.226. The summed E-state index contributed by atoms with van der Waals surface area (Å²) in [5.41, 5.74) is 3.56. The molecule has 88 heavy (non-hydrogen) atoms. The van der Waals surface area contributed by atoms with Gasteiger partial charge >= 0.3 is 510 Å². The first-order valence-corrected chi connectivity index (χ1v) is 32.3. The van der Waals surface area contributed by atoms with E-state index in [1.165, 1.54) is 4.90 Å². The monoisotopic (exact) mass is 1220 g/mol. The van der Waals surface area contributed by atoms with Gasteiger partial charge in [0.1, 0.15) is 0 Å². The molecular formula is C72H66N7O8Zn-. The zero-order valence-electron chi connectivity index (χ0n) is 50.1. The van der Waals surface area contributed by atoms with Gasteiger partial charge in [-0.15, -0.1) is 0 Å². The third kappa shape index (κ3) is 11.6. The van der Waals surface area contributed by atoms with E-state index in [0.29, 0.717) is 69.8 Å². The van der Waals surface area contributed by atoms with Crippen molar-refractivity contribution >= 4 is 106 Å². The van der Waals surface area contributed by atoms with Crippen LogP contribution >= 0.6 is 0 Å². The molecule has 0 saturated heterocycles. The molecule has 0 radical (unpaired) electrons. The minimum atomic E-state index is -0.866. The summed E-state index contributed by atoms with van der Waals surface area (Å²) in [6.07, 6.45) is 8.43. The Labute approximate surface area is 520 Å². The van der Waals surface area contributed by atoms with Crippen molar-refractivity contribution in [2.45, 2.75) is 105 Å². The van der Waals surface area contributed by atoms with Crippen molar-refractivity contribution in [3.63, 3.8) is 0 Å². The van der Waals surface area contributed by atoms with Crippen molar-refractivity contribution in [3.05, 3.63) is 195 Å². The average molecular weight is 1220 g/mol. The van der Waals surface area contributed by atoms with E-state index in [-0.39, 0.29) is 112 Å². The fourth-order valence-electron chi connectivity index (χ4n) is 11.8. The average Bonchev–Trinajstić information content (AvgIpc) is 1.76.